The predicted octanol–water partition coefficient (Wildman–Crippen LogP) is 1.72. The highest BCUT2D eigenvalue weighted by atomic mass is 16.5. The lowest BCUT2D eigenvalue weighted by molar-refractivity contribution is 0.298. The van der Waals surface area contributed by atoms with Crippen LogP contribution < -0.4 is 10.1 Å². The minimum atomic E-state index is 0.635. The summed E-state index contributed by atoms with van der Waals surface area (Å²) in [5, 5.41) is 3.69. The number of aryl methyl sites for hydroxylation is 1. The number of aromatic nitrogens is 1. The molecule has 2 aliphatic rings. The summed E-state index contributed by atoms with van der Waals surface area (Å²) in [4.78, 5) is 7.20. The maximum atomic E-state index is 5.30. The van der Waals surface area contributed by atoms with Crippen LogP contribution in [0, 0.1) is 6.92 Å². The number of methoxy groups -OCH3 is 1. The molecule has 0 aromatic carbocycles. The molecule has 4 heteroatoms. The Kier molecular flexibility index (Phi) is 3.71. The van der Waals surface area contributed by atoms with Crippen molar-refractivity contribution in [3.63, 3.8) is 0 Å². The molecule has 1 aromatic rings. The van der Waals surface area contributed by atoms with Gasteiger partial charge in [0, 0.05) is 43.0 Å². The Morgan fingerprint density at radius 1 is 1.37 bits per heavy atom. The Balaban J connectivity index is 1.61. The van der Waals surface area contributed by atoms with Gasteiger partial charge in [0.15, 0.2) is 0 Å². The first-order valence-electron chi connectivity index (χ1n) is 7.25. The maximum Gasteiger partial charge on any atom is 0.122 e. The van der Waals surface area contributed by atoms with E-state index in [9.17, 15) is 0 Å². The monoisotopic (exact) mass is 261 g/mol. The smallest absolute Gasteiger partial charge is 0.122 e. The van der Waals surface area contributed by atoms with Crippen molar-refractivity contribution in [2.75, 3.05) is 20.2 Å². The fourth-order valence-electron chi connectivity index (χ4n) is 3.47. The lowest BCUT2D eigenvalue weighted by atomic mass is 10.1. The van der Waals surface area contributed by atoms with Crippen LogP contribution in [0.1, 0.15) is 30.7 Å². The van der Waals surface area contributed by atoms with Crippen molar-refractivity contribution in [2.24, 2.45) is 0 Å². The van der Waals surface area contributed by atoms with E-state index >= 15 is 0 Å². The van der Waals surface area contributed by atoms with Gasteiger partial charge in [-0.3, -0.25) is 9.88 Å². The molecule has 1 N–H and O–H groups in total. The molecule has 4 nitrogen and oxygen atoms in total. The SMILES string of the molecule is COc1cc(C)nc(CNC2CCN3CCCC23)c1. The summed E-state index contributed by atoms with van der Waals surface area (Å²) in [6, 6.07) is 5.39. The topological polar surface area (TPSA) is 37.4 Å². The van der Waals surface area contributed by atoms with Gasteiger partial charge in [-0.15, -0.1) is 0 Å². The van der Waals surface area contributed by atoms with Gasteiger partial charge in [-0.25, -0.2) is 0 Å². The van der Waals surface area contributed by atoms with Crippen molar-refractivity contribution in [2.45, 2.75) is 44.8 Å². The Bertz CT molecular complexity index is 449. The number of fused-ring (bicyclic) bond motifs is 1. The highest BCUT2D eigenvalue weighted by Gasteiger charge is 2.36. The van der Waals surface area contributed by atoms with Gasteiger partial charge < -0.3 is 10.1 Å². The van der Waals surface area contributed by atoms with Crippen LogP contribution >= 0.6 is 0 Å². The molecule has 0 saturated carbocycles. The fraction of sp³-hybridized carbons (Fsp3) is 0.667. The third-order valence-corrected chi connectivity index (χ3v) is 4.37. The number of rotatable bonds is 4. The largest absolute Gasteiger partial charge is 0.497 e. The van der Waals surface area contributed by atoms with Gasteiger partial charge >= 0.3 is 0 Å². The Labute approximate surface area is 115 Å². The zero-order valence-corrected chi connectivity index (χ0v) is 11.9. The third-order valence-electron chi connectivity index (χ3n) is 4.37. The summed E-state index contributed by atoms with van der Waals surface area (Å²) >= 11 is 0. The molecule has 0 radical (unpaired) electrons. The van der Waals surface area contributed by atoms with E-state index in [2.05, 4.69) is 15.2 Å². The van der Waals surface area contributed by atoms with Crippen molar-refractivity contribution in [1.29, 1.82) is 0 Å². The van der Waals surface area contributed by atoms with E-state index in [-0.39, 0.29) is 0 Å². The molecule has 2 saturated heterocycles. The molecular weight excluding hydrogens is 238 g/mol. The maximum absolute atomic E-state index is 5.30. The van der Waals surface area contributed by atoms with E-state index in [1.807, 2.05) is 19.1 Å². The van der Waals surface area contributed by atoms with E-state index in [1.165, 1.54) is 32.4 Å². The lowest BCUT2D eigenvalue weighted by Crippen LogP contribution is -2.38. The van der Waals surface area contributed by atoms with E-state index in [1.54, 1.807) is 7.11 Å². The number of hydrogen-bond acceptors (Lipinski definition) is 4. The number of ether oxygens (including phenoxy) is 1. The molecule has 0 bridgehead atoms. The normalized spacial score (nSPS) is 26.6. The number of pyridine rings is 1. The molecule has 1 aromatic heterocycles. The van der Waals surface area contributed by atoms with Crippen LogP contribution in [0.15, 0.2) is 12.1 Å². The quantitative estimate of drug-likeness (QED) is 0.895. The molecule has 0 spiro atoms. The van der Waals surface area contributed by atoms with Gasteiger partial charge in [0.1, 0.15) is 5.75 Å². The molecular formula is C15H23N3O. The highest BCUT2D eigenvalue weighted by Crippen LogP contribution is 2.28. The van der Waals surface area contributed by atoms with E-state index < -0.39 is 0 Å². The molecule has 2 aliphatic heterocycles. The molecule has 0 amide bonds. The summed E-state index contributed by atoms with van der Waals surface area (Å²) < 4.78 is 5.30. The van der Waals surface area contributed by atoms with Crippen molar-refractivity contribution >= 4 is 0 Å². The average molecular weight is 261 g/mol. The van der Waals surface area contributed by atoms with Gasteiger partial charge in [-0.1, -0.05) is 0 Å². The van der Waals surface area contributed by atoms with Gasteiger partial charge in [-0.05, 0) is 32.7 Å². The summed E-state index contributed by atoms with van der Waals surface area (Å²) in [7, 11) is 1.71. The van der Waals surface area contributed by atoms with E-state index in [0.717, 1.165) is 29.7 Å². The number of nitrogens with one attached hydrogen (secondary N) is 1. The zero-order valence-electron chi connectivity index (χ0n) is 11.9. The second kappa shape index (κ2) is 5.47. The first kappa shape index (κ1) is 12.9. The average Bonchev–Trinajstić information content (AvgIpc) is 2.99. The second-order valence-electron chi connectivity index (χ2n) is 5.66. The van der Waals surface area contributed by atoms with Crippen molar-refractivity contribution in [3.8, 4) is 5.75 Å². The molecule has 104 valence electrons. The molecule has 3 rings (SSSR count). The Morgan fingerprint density at radius 2 is 2.26 bits per heavy atom. The van der Waals surface area contributed by atoms with Gasteiger partial charge in [0.25, 0.3) is 0 Å². The predicted molar refractivity (Wildman–Crippen MR) is 75.4 cm³/mol. The Morgan fingerprint density at radius 3 is 3.11 bits per heavy atom. The minimum absolute atomic E-state index is 0.635. The summed E-state index contributed by atoms with van der Waals surface area (Å²) in [6.07, 6.45) is 3.98. The second-order valence-corrected chi connectivity index (χ2v) is 5.66. The first-order valence-corrected chi connectivity index (χ1v) is 7.25. The first-order chi connectivity index (χ1) is 9.26. The van der Waals surface area contributed by atoms with E-state index in [0.29, 0.717) is 6.04 Å². The van der Waals surface area contributed by atoms with Crippen molar-refractivity contribution < 1.29 is 4.74 Å². The fourth-order valence-corrected chi connectivity index (χ4v) is 3.47. The van der Waals surface area contributed by atoms with Crippen LogP contribution in [0.2, 0.25) is 0 Å². The molecule has 0 aliphatic carbocycles. The molecule has 2 fully saturated rings. The number of nitrogens with zero attached hydrogens (tertiary/aromatic N) is 2. The van der Waals surface area contributed by atoms with Crippen LogP contribution in [0.4, 0.5) is 0 Å². The summed E-state index contributed by atoms with van der Waals surface area (Å²) in [6.45, 7) is 5.40. The van der Waals surface area contributed by atoms with Gasteiger partial charge in [-0.2, -0.15) is 0 Å². The molecule has 2 atom stereocenters. The molecule has 2 unspecified atom stereocenters. The molecule has 19 heavy (non-hydrogen) atoms. The van der Waals surface area contributed by atoms with Crippen LogP contribution in [0.3, 0.4) is 0 Å². The van der Waals surface area contributed by atoms with Gasteiger partial charge in [0.2, 0.25) is 0 Å². The Hall–Kier alpha value is -1.13. The minimum Gasteiger partial charge on any atom is -0.497 e. The highest BCUT2D eigenvalue weighted by molar-refractivity contribution is 5.26. The van der Waals surface area contributed by atoms with E-state index in [4.69, 9.17) is 4.74 Å². The van der Waals surface area contributed by atoms with Crippen molar-refractivity contribution in [3.05, 3.63) is 23.5 Å². The summed E-state index contributed by atoms with van der Waals surface area (Å²) in [5.41, 5.74) is 2.10. The van der Waals surface area contributed by atoms with Crippen LogP contribution in [0.25, 0.3) is 0 Å². The molecule has 3 heterocycles. The van der Waals surface area contributed by atoms with Crippen molar-refractivity contribution in [1.82, 2.24) is 15.2 Å². The third kappa shape index (κ3) is 2.74. The van der Waals surface area contributed by atoms with Crippen LogP contribution in [0.5, 0.6) is 5.75 Å². The standard InChI is InChI=1S/C15H23N3O/c1-11-8-13(19-2)9-12(17-11)10-16-14-5-7-18-6-3-4-15(14)18/h8-9,14-16H,3-7,10H2,1-2H3. The van der Waals surface area contributed by atoms with Crippen LogP contribution in [-0.2, 0) is 6.54 Å². The zero-order chi connectivity index (χ0) is 13.2. The van der Waals surface area contributed by atoms with Gasteiger partial charge in [0.05, 0.1) is 12.8 Å². The summed E-state index contributed by atoms with van der Waals surface area (Å²) in [5.74, 6) is 0.901. The number of hydrogen-bond donors (Lipinski definition) is 1. The lowest BCUT2D eigenvalue weighted by Gasteiger charge is -2.21. The van der Waals surface area contributed by atoms with Crippen LogP contribution in [-0.4, -0.2) is 42.2 Å².